The van der Waals surface area contributed by atoms with Crippen LogP contribution in [0.25, 0.3) is 0 Å². The highest BCUT2D eigenvalue weighted by molar-refractivity contribution is 5.95. The van der Waals surface area contributed by atoms with Crippen LogP contribution in [0.15, 0.2) is 42.5 Å². The van der Waals surface area contributed by atoms with Crippen LogP contribution in [0.2, 0.25) is 0 Å². The zero-order valence-electron chi connectivity index (χ0n) is 14.6. The molecule has 1 N–H and O–H groups in total. The lowest BCUT2D eigenvalue weighted by Gasteiger charge is -2.21. The second kappa shape index (κ2) is 7.92. The van der Waals surface area contributed by atoms with Crippen molar-refractivity contribution < 1.29 is 19.0 Å². The summed E-state index contributed by atoms with van der Waals surface area (Å²) in [4.78, 5) is 12.6. The fraction of sp³-hybridized carbons (Fsp3) is 0.350. The molecule has 1 heterocycles. The molecule has 3 rings (SSSR count). The van der Waals surface area contributed by atoms with Gasteiger partial charge in [-0.05, 0) is 37.5 Å². The number of carbonyl (C=O) groups is 1. The third-order valence-electron chi connectivity index (χ3n) is 4.18. The van der Waals surface area contributed by atoms with Crippen molar-refractivity contribution in [3.05, 3.63) is 53.6 Å². The molecule has 0 saturated heterocycles. The van der Waals surface area contributed by atoms with E-state index in [1.54, 1.807) is 19.2 Å². The van der Waals surface area contributed by atoms with Crippen molar-refractivity contribution in [1.82, 2.24) is 5.32 Å². The highest BCUT2D eigenvalue weighted by Crippen LogP contribution is 2.40. The second-order valence-electron chi connectivity index (χ2n) is 6.10. The predicted octanol–water partition coefficient (Wildman–Crippen LogP) is 3.22. The quantitative estimate of drug-likeness (QED) is 0.876. The average Bonchev–Trinajstić information content (AvgIpc) is 2.66. The summed E-state index contributed by atoms with van der Waals surface area (Å²) in [5.41, 5.74) is 1.78. The lowest BCUT2D eigenvalue weighted by Crippen LogP contribution is -2.33. The number of rotatable bonds is 6. The van der Waals surface area contributed by atoms with Gasteiger partial charge in [-0.2, -0.15) is 0 Å². The lowest BCUT2D eigenvalue weighted by molar-refractivity contribution is 0.0936. The Balaban J connectivity index is 1.64. The first kappa shape index (κ1) is 17.1. The number of hydrogen-bond donors (Lipinski definition) is 1. The zero-order chi connectivity index (χ0) is 17.6. The number of fused-ring (bicyclic) bond motifs is 1. The normalized spacial score (nSPS) is 13.8. The van der Waals surface area contributed by atoms with Gasteiger partial charge < -0.3 is 19.5 Å². The van der Waals surface area contributed by atoms with E-state index in [0.29, 0.717) is 36.0 Å². The number of carbonyl (C=O) groups excluding carboxylic acids is 1. The van der Waals surface area contributed by atoms with Crippen molar-refractivity contribution in [2.24, 2.45) is 0 Å². The van der Waals surface area contributed by atoms with Crippen LogP contribution in [-0.4, -0.2) is 32.3 Å². The third-order valence-corrected chi connectivity index (χ3v) is 4.18. The van der Waals surface area contributed by atoms with Gasteiger partial charge in [0, 0.05) is 11.6 Å². The van der Waals surface area contributed by atoms with Crippen LogP contribution >= 0.6 is 0 Å². The van der Waals surface area contributed by atoms with Crippen LogP contribution in [0.1, 0.15) is 29.3 Å². The fourth-order valence-corrected chi connectivity index (χ4v) is 2.81. The van der Waals surface area contributed by atoms with Crippen molar-refractivity contribution in [1.29, 1.82) is 0 Å². The number of nitrogens with one attached hydrogen (secondary N) is 1. The fourth-order valence-electron chi connectivity index (χ4n) is 2.81. The van der Waals surface area contributed by atoms with E-state index >= 15 is 0 Å². The summed E-state index contributed by atoms with van der Waals surface area (Å²) in [6.07, 6.45) is 1.80. The average molecular weight is 341 g/mol. The van der Waals surface area contributed by atoms with Crippen LogP contribution in [0, 0.1) is 0 Å². The first-order valence-electron chi connectivity index (χ1n) is 8.50. The lowest BCUT2D eigenvalue weighted by atomic mass is 10.1. The number of hydrogen-bond acceptors (Lipinski definition) is 4. The van der Waals surface area contributed by atoms with E-state index in [1.165, 1.54) is 5.56 Å². The molecule has 1 aliphatic rings. The van der Waals surface area contributed by atoms with E-state index in [2.05, 4.69) is 17.4 Å². The topological polar surface area (TPSA) is 56.8 Å². The minimum Gasteiger partial charge on any atom is -0.493 e. The second-order valence-corrected chi connectivity index (χ2v) is 6.10. The molecule has 5 heteroatoms. The predicted molar refractivity (Wildman–Crippen MR) is 95.7 cm³/mol. The molecule has 0 saturated carbocycles. The molecule has 1 aliphatic heterocycles. The van der Waals surface area contributed by atoms with Gasteiger partial charge in [-0.3, -0.25) is 4.79 Å². The molecule has 0 fully saturated rings. The van der Waals surface area contributed by atoms with Crippen LogP contribution in [0.5, 0.6) is 17.2 Å². The van der Waals surface area contributed by atoms with Crippen molar-refractivity contribution in [2.75, 3.05) is 20.3 Å². The molecule has 5 nitrogen and oxygen atoms in total. The number of amides is 1. The number of ether oxygens (including phenoxy) is 3. The molecule has 0 aromatic heterocycles. The Labute approximate surface area is 147 Å². The zero-order valence-corrected chi connectivity index (χ0v) is 14.6. The van der Waals surface area contributed by atoms with Crippen molar-refractivity contribution in [3.63, 3.8) is 0 Å². The largest absolute Gasteiger partial charge is 0.493 e. The summed E-state index contributed by atoms with van der Waals surface area (Å²) in [6, 6.07) is 13.7. The van der Waals surface area contributed by atoms with Crippen molar-refractivity contribution in [3.8, 4) is 17.2 Å². The minimum atomic E-state index is -0.143. The van der Waals surface area contributed by atoms with Gasteiger partial charge in [0.25, 0.3) is 5.91 Å². The molecule has 1 atom stereocenters. The summed E-state index contributed by atoms with van der Waals surface area (Å²) >= 11 is 0. The molecule has 2 aromatic carbocycles. The molecule has 0 bridgehead atoms. The Hall–Kier alpha value is -2.69. The Morgan fingerprint density at radius 3 is 2.72 bits per heavy atom. The minimum absolute atomic E-state index is 0.0619. The monoisotopic (exact) mass is 341 g/mol. The van der Waals surface area contributed by atoms with Crippen molar-refractivity contribution in [2.45, 2.75) is 25.8 Å². The number of methoxy groups -OCH3 is 1. The van der Waals surface area contributed by atoms with E-state index < -0.39 is 0 Å². The van der Waals surface area contributed by atoms with Gasteiger partial charge in [0.1, 0.15) is 13.2 Å². The van der Waals surface area contributed by atoms with Gasteiger partial charge in [-0.15, -0.1) is 0 Å². The Morgan fingerprint density at radius 1 is 1.20 bits per heavy atom. The molecule has 0 spiro atoms. The highest BCUT2D eigenvalue weighted by atomic mass is 16.6. The standard InChI is InChI=1S/C20H23NO4/c1-14(8-9-15-6-4-3-5-7-15)21-20(22)16-12-17(23-2)19-18(13-16)24-10-11-25-19/h3-7,12-14H,8-11H2,1-2H3,(H,21,22)/t14-/m1/s1. The summed E-state index contributed by atoms with van der Waals surface area (Å²) in [5, 5.41) is 3.03. The van der Waals surface area contributed by atoms with Gasteiger partial charge in [-0.1, -0.05) is 30.3 Å². The van der Waals surface area contributed by atoms with Gasteiger partial charge in [0.15, 0.2) is 11.5 Å². The van der Waals surface area contributed by atoms with Crippen LogP contribution in [-0.2, 0) is 6.42 Å². The van der Waals surface area contributed by atoms with E-state index in [1.807, 2.05) is 25.1 Å². The molecule has 1 amide bonds. The smallest absolute Gasteiger partial charge is 0.251 e. The molecule has 132 valence electrons. The molecule has 0 unspecified atom stereocenters. The summed E-state index contributed by atoms with van der Waals surface area (Å²) in [5.74, 6) is 1.48. The van der Waals surface area contributed by atoms with Gasteiger partial charge >= 0.3 is 0 Å². The van der Waals surface area contributed by atoms with Crippen molar-refractivity contribution >= 4 is 5.91 Å². The van der Waals surface area contributed by atoms with E-state index in [-0.39, 0.29) is 11.9 Å². The molecular weight excluding hydrogens is 318 g/mol. The highest BCUT2D eigenvalue weighted by Gasteiger charge is 2.21. The summed E-state index contributed by atoms with van der Waals surface area (Å²) in [7, 11) is 1.55. The van der Waals surface area contributed by atoms with Crippen LogP contribution in [0.4, 0.5) is 0 Å². The maximum atomic E-state index is 12.6. The summed E-state index contributed by atoms with van der Waals surface area (Å²) in [6.45, 7) is 2.95. The molecule has 0 radical (unpaired) electrons. The molecule has 2 aromatic rings. The first-order chi connectivity index (χ1) is 12.2. The third kappa shape index (κ3) is 4.24. The summed E-state index contributed by atoms with van der Waals surface area (Å²) < 4.78 is 16.5. The van der Waals surface area contributed by atoms with Gasteiger partial charge in [-0.25, -0.2) is 0 Å². The Bertz CT molecular complexity index is 713. The Morgan fingerprint density at radius 2 is 1.96 bits per heavy atom. The van der Waals surface area contributed by atoms with Gasteiger partial charge in [0.05, 0.1) is 7.11 Å². The molecule has 25 heavy (non-hydrogen) atoms. The maximum absolute atomic E-state index is 12.6. The van der Waals surface area contributed by atoms with Crippen LogP contribution < -0.4 is 19.5 Å². The van der Waals surface area contributed by atoms with Crippen LogP contribution in [0.3, 0.4) is 0 Å². The maximum Gasteiger partial charge on any atom is 0.251 e. The van der Waals surface area contributed by atoms with E-state index in [0.717, 1.165) is 12.8 Å². The first-order valence-corrected chi connectivity index (χ1v) is 8.50. The molecule has 0 aliphatic carbocycles. The molecular formula is C20H23NO4. The number of aryl methyl sites for hydroxylation is 1. The van der Waals surface area contributed by atoms with E-state index in [4.69, 9.17) is 14.2 Å². The van der Waals surface area contributed by atoms with E-state index in [9.17, 15) is 4.79 Å². The number of benzene rings is 2. The van der Waals surface area contributed by atoms with Gasteiger partial charge in [0.2, 0.25) is 5.75 Å². The SMILES string of the molecule is COc1cc(C(=O)N[C@H](C)CCc2ccccc2)cc2c1OCCO2. The Kier molecular flexibility index (Phi) is 5.43.